The monoisotopic (exact) mass is 536 g/mol. The highest BCUT2D eigenvalue weighted by atomic mass is 79.9. The molecule has 0 bridgehead atoms. The topological polar surface area (TPSA) is 80.6 Å². The molecule has 34 heavy (non-hydrogen) atoms. The number of para-hydroxylation sites is 1. The summed E-state index contributed by atoms with van der Waals surface area (Å²) in [5.74, 6) is 0.0961. The lowest BCUT2D eigenvalue weighted by atomic mass is 10.0. The predicted molar refractivity (Wildman–Crippen MR) is 142 cm³/mol. The van der Waals surface area contributed by atoms with E-state index in [1.54, 1.807) is 18.2 Å². The van der Waals surface area contributed by atoms with Gasteiger partial charge in [-0.05, 0) is 79.2 Å². The molecule has 1 heterocycles. The number of fused-ring (bicyclic) bond motifs is 1. The van der Waals surface area contributed by atoms with Crippen LogP contribution in [0.25, 0.3) is 22.1 Å². The Kier molecular flexibility index (Phi) is 6.81. The molecule has 0 radical (unpaired) electrons. The lowest BCUT2D eigenvalue weighted by Crippen LogP contribution is -2.34. The van der Waals surface area contributed by atoms with Gasteiger partial charge in [-0.25, -0.2) is 4.79 Å². The first kappa shape index (κ1) is 23.7. The second-order valence-electron chi connectivity index (χ2n) is 7.73. The Morgan fingerprint density at radius 1 is 1.00 bits per heavy atom. The highest BCUT2D eigenvalue weighted by Gasteiger charge is 2.17. The lowest BCUT2D eigenvalue weighted by molar-refractivity contribution is 0.0974. The maximum Gasteiger partial charge on any atom is 0.344 e. The molecule has 2 N–H and O–H groups in total. The minimum Gasteiger partial charge on any atom is -0.496 e. The zero-order chi connectivity index (χ0) is 24.4. The molecule has 0 saturated heterocycles. The minimum absolute atomic E-state index is 0.141. The first-order valence-corrected chi connectivity index (χ1v) is 11.6. The largest absolute Gasteiger partial charge is 0.496 e. The number of amides is 1. The number of methoxy groups -OCH3 is 1. The van der Waals surface area contributed by atoms with E-state index in [0.29, 0.717) is 28.1 Å². The summed E-state index contributed by atoms with van der Waals surface area (Å²) in [7, 11) is 1.52. The van der Waals surface area contributed by atoms with E-state index in [-0.39, 0.29) is 11.0 Å². The van der Waals surface area contributed by atoms with Crippen LogP contribution < -0.4 is 21.0 Å². The third kappa shape index (κ3) is 4.88. The fraction of sp³-hybridized carbons (Fsp3) is 0.115. The van der Waals surface area contributed by atoms with Crippen LogP contribution in [0.4, 0.5) is 5.69 Å². The zero-order valence-corrected chi connectivity index (χ0v) is 21.1. The molecule has 0 aliphatic rings. The molecule has 0 fully saturated rings. The molecule has 4 rings (SSSR count). The van der Waals surface area contributed by atoms with Gasteiger partial charge in [0.25, 0.3) is 5.91 Å². The molecule has 1 amide bonds. The molecule has 0 unspecified atom stereocenters. The van der Waals surface area contributed by atoms with Crippen molar-refractivity contribution >= 4 is 55.8 Å². The summed E-state index contributed by atoms with van der Waals surface area (Å²) >= 11 is 8.74. The van der Waals surface area contributed by atoms with Gasteiger partial charge in [-0.15, -0.1) is 0 Å². The number of carbonyl (C=O) groups excluding carboxylic acids is 1. The fourth-order valence-electron chi connectivity index (χ4n) is 3.80. The van der Waals surface area contributed by atoms with Crippen LogP contribution in [0.15, 0.2) is 74.3 Å². The normalized spacial score (nSPS) is 10.7. The predicted octanol–water partition coefficient (Wildman–Crippen LogP) is 5.97. The maximum absolute atomic E-state index is 12.8. The molecule has 0 atom stereocenters. The van der Waals surface area contributed by atoms with Crippen molar-refractivity contribution in [3.63, 3.8) is 0 Å². The van der Waals surface area contributed by atoms with Gasteiger partial charge in [-0.1, -0.05) is 40.2 Å². The quantitative estimate of drug-likeness (QED) is 0.247. The number of hydrogen-bond donors (Lipinski definition) is 2. The third-order valence-electron chi connectivity index (χ3n) is 5.33. The van der Waals surface area contributed by atoms with Gasteiger partial charge in [-0.2, -0.15) is 0 Å². The summed E-state index contributed by atoms with van der Waals surface area (Å²) in [5, 5.41) is 6.69. The molecule has 8 heteroatoms. The average Bonchev–Trinajstić information content (AvgIpc) is 2.78. The highest BCUT2D eigenvalue weighted by Crippen LogP contribution is 2.28. The Hall–Kier alpha value is -3.49. The second kappa shape index (κ2) is 9.79. The molecule has 4 aromatic rings. The van der Waals surface area contributed by atoms with Crippen LogP contribution >= 0.6 is 28.1 Å². The Bertz CT molecular complexity index is 1500. The summed E-state index contributed by atoms with van der Waals surface area (Å²) in [6, 6.07) is 18.2. The highest BCUT2D eigenvalue weighted by molar-refractivity contribution is 9.10. The van der Waals surface area contributed by atoms with Crippen molar-refractivity contribution in [1.82, 2.24) is 5.32 Å². The van der Waals surface area contributed by atoms with Crippen LogP contribution in [0, 0.1) is 13.8 Å². The van der Waals surface area contributed by atoms with Crippen molar-refractivity contribution in [2.75, 3.05) is 12.4 Å². The van der Waals surface area contributed by atoms with E-state index in [4.69, 9.17) is 21.4 Å². The van der Waals surface area contributed by atoms with E-state index < -0.39 is 5.63 Å². The molecule has 6 nitrogen and oxygen atoms in total. The Morgan fingerprint density at radius 3 is 2.50 bits per heavy atom. The lowest BCUT2D eigenvalue weighted by Gasteiger charge is -2.14. The van der Waals surface area contributed by atoms with E-state index in [1.807, 2.05) is 56.3 Å². The van der Waals surface area contributed by atoms with Gasteiger partial charge in [0.15, 0.2) is 5.11 Å². The number of nitrogens with one attached hydrogen (secondary N) is 2. The third-order valence-corrected chi connectivity index (χ3v) is 5.99. The van der Waals surface area contributed by atoms with Crippen molar-refractivity contribution in [3.05, 3.63) is 92.2 Å². The summed E-state index contributed by atoms with van der Waals surface area (Å²) in [4.78, 5) is 25.3. The van der Waals surface area contributed by atoms with Crippen LogP contribution in [0.3, 0.4) is 0 Å². The molecule has 1 aromatic heterocycles. The summed E-state index contributed by atoms with van der Waals surface area (Å²) in [5.41, 5.74) is 4.11. The summed E-state index contributed by atoms with van der Waals surface area (Å²) in [6.45, 7) is 3.75. The van der Waals surface area contributed by atoms with E-state index in [1.165, 1.54) is 7.11 Å². The number of hydrogen-bond acceptors (Lipinski definition) is 5. The first-order valence-electron chi connectivity index (χ1n) is 10.4. The Morgan fingerprint density at radius 2 is 1.76 bits per heavy atom. The Balaban J connectivity index is 1.53. The SMILES string of the molecule is COc1c(C)cc(Br)cc1C(=O)NC(=S)Nc1ccc(-c2cc3ccccc3oc2=O)c(C)c1. The number of benzene rings is 3. The average molecular weight is 537 g/mol. The van der Waals surface area contributed by atoms with Crippen molar-refractivity contribution in [2.45, 2.75) is 13.8 Å². The molecule has 0 aliphatic carbocycles. The second-order valence-corrected chi connectivity index (χ2v) is 9.05. The number of carbonyl (C=O) groups is 1. The van der Waals surface area contributed by atoms with Gasteiger partial charge >= 0.3 is 5.63 Å². The molecular formula is C26H21BrN2O4S. The van der Waals surface area contributed by atoms with Crippen LogP contribution in [0.5, 0.6) is 5.75 Å². The van der Waals surface area contributed by atoms with Gasteiger partial charge in [0.05, 0.1) is 18.2 Å². The molecule has 0 saturated carbocycles. The van der Waals surface area contributed by atoms with E-state index in [0.717, 1.165) is 26.5 Å². The van der Waals surface area contributed by atoms with Crippen molar-refractivity contribution in [1.29, 1.82) is 0 Å². The number of rotatable bonds is 4. The fourth-order valence-corrected chi connectivity index (χ4v) is 4.58. The van der Waals surface area contributed by atoms with Crippen molar-refractivity contribution < 1.29 is 13.9 Å². The zero-order valence-electron chi connectivity index (χ0n) is 18.7. The number of halogens is 1. The van der Waals surface area contributed by atoms with E-state index in [9.17, 15) is 9.59 Å². The molecular weight excluding hydrogens is 516 g/mol. The molecule has 3 aromatic carbocycles. The molecule has 0 aliphatic heterocycles. The first-order chi connectivity index (χ1) is 16.3. The maximum atomic E-state index is 12.8. The van der Waals surface area contributed by atoms with Gasteiger partial charge < -0.3 is 14.5 Å². The van der Waals surface area contributed by atoms with Gasteiger partial charge in [0.1, 0.15) is 11.3 Å². The number of thiocarbonyl (C=S) groups is 1. The minimum atomic E-state index is -0.399. The Labute approximate surface area is 210 Å². The van der Waals surface area contributed by atoms with Gasteiger partial charge in [0, 0.05) is 15.5 Å². The van der Waals surface area contributed by atoms with Crippen molar-refractivity contribution in [2.24, 2.45) is 0 Å². The van der Waals surface area contributed by atoms with Crippen LogP contribution in [-0.4, -0.2) is 18.1 Å². The van der Waals surface area contributed by atoms with E-state index >= 15 is 0 Å². The van der Waals surface area contributed by atoms with Crippen LogP contribution in [0.1, 0.15) is 21.5 Å². The van der Waals surface area contributed by atoms with Crippen LogP contribution in [-0.2, 0) is 0 Å². The standard InChI is InChI=1S/C26H21BrN2O4S/c1-14-11-18(8-9-19(14)20-12-16-6-4-5-7-22(16)33-25(20)31)28-26(34)29-24(30)21-13-17(27)10-15(2)23(21)32-3/h4-13H,1-3H3,(H2,28,29,30,34). The van der Waals surface area contributed by atoms with Gasteiger partial charge in [0.2, 0.25) is 0 Å². The number of aryl methyl sites for hydroxylation is 2. The summed E-state index contributed by atoms with van der Waals surface area (Å²) in [6.07, 6.45) is 0. The number of ether oxygens (including phenoxy) is 1. The smallest absolute Gasteiger partial charge is 0.344 e. The van der Waals surface area contributed by atoms with Gasteiger partial charge in [-0.3, -0.25) is 10.1 Å². The van der Waals surface area contributed by atoms with Crippen molar-refractivity contribution in [3.8, 4) is 16.9 Å². The number of anilines is 1. The summed E-state index contributed by atoms with van der Waals surface area (Å²) < 4.78 is 11.6. The molecule has 0 spiro atoms. The van der Waals surface area contributed by atoms with E-state index in [2.05, 4.69) is 26.6 Å². The van der Waals surface area contributed by atoms with Crippen LogP contribution in [0.2, 0.25) is 0 Å². The molecule has 172 valence electrons.